The van der Waals surface area contributed by atoms with Crippen LogP contribution in [0.2, 0.25) is 10.0 Å². The molecule has 186 valence electrons. The van der Waals surface area contributed by atoms with Gasteiger partial charge in [-0.05, 0) is 42.5 Å². The Labute approximate surface area is 226 Å². The number of hydrogen-bond donors (Lipinski definition) is 0. The van der Waals surface area contributed by atoms with E-state index in [4.69, 9.17) is 27.9 Å². The molecule has 8 nitrogen and oxygen atoms in total. The molecule has 0 spiro atoms. The normalized spacial score (nSPS) is 11.1. The van der Waals surface area contributed by atoms with Crippen LogP contribution in [-0.4, -0.2) is 27.8 Å². The molecule has 38 heavy (non-hydrogen) atoms. The van der Waals surface area contributed by atoms with Crippen LogP contribution in [0.25, 0.3) is 27.8 Å². The second-order valence-electron chi connectivity index (χ2n) is 8.06. The summed E-state index contributed by atoms with van der Waals surface area (Å²) in [7, 11) is 1.52. The minimum absolute atomic E-state index is 0.0892. The third-order valence-corrected chi connectivity index (χ3v) is 6.50. The SMILES string of the molecule is COc1ccc(-n2nc3c(=O)n(/N=C\c4ccccc4Cl)c(-c4ccccc4Cl)cc3c(C#N)c2=O)cc1. The quantitative estimate of drug-likeness (QED) is 0.281. The molecule has 0 amide bonds. The van der Waals surface area contributed by atoms with Gasteiger partial charge in [0.1, 0.15) is 17.4 Å². The van der Waals surface area contributed by atoms with E-state index in [1.165, 1.54) is 19.4 Å². The summed E-state index contributed by atoms with van der Waals surface area (Å²) < 4.78 is 7.31. The van der Waals surface area contributed by atoms with Crippen molar-refractivity contribution < 1.29 is 4.74 Å². The molecule has 0 fully saturated rings. The monoisotopic (exact) mass is 541 g/mol. The second-order valence-corrected chi connectivity index (χ2v) is 8.87. The van der Waals surface area contributed by atoms with Crippen molar-refractivity contribution in [2.75, 3.05) is 7.11 Å². The maximum Gasteiger partial charge on any atom is 0.299 e. The number of rotatable bonds is 5. The van der Waals surface area contributed by atoms with E-state index in [2.05, 4.69) is 10.2 Å². The number of benzene rings is 3. The zero-order valence-electron chi connectivity index (χ0n) is 19.8. The first-order valence-electron chi connectivity index (χ1n) is 11.2. The van der Waals surface area contributed by atoms with E-state index in [0.717, 1.165) is 9.36 Å². The fourth-order valence-corrected chi connectivity index (χ4v) is 4.34. The Balaban J connectivity index is 1.84. The van der Waals surface area contributed by atoms with Gasteiger partial charge in [0, 0.05) is 26.6 Å². The minimum atomic E-state index is -0.674. The number of fused-ring (bicyclic) bond motifs is 1. The van der Waals surface area contributed by atoms with Crippen molar-refractivity contribution in [3.05, 3.63) is 121 Å². The number of nitrogens with zero attached hydrogens (tertiary/aromatic N) is 5. The van der Waals surface area contributed by atoms with Crippen LogP contribution in [0.3, 0.4) is 0 Å². The highest BCUT2D eigenvalue weighted by Gasteiger charge is 2.20. The molecule has 5 rings (SSSR count). The van der Waals surface area contributed by atoms with Gasteiger partial charge in [-0.2, -0.15) is 24.8 Å². The summed E-state index contributed by atoms with van der Waals surface area (Å²) in [6, 6.07) is 23.9. The Morgan fingerprint density at radius 1 is 0.947 bits per heavy atom. The van der Waals surface area contributed by atoms with Crippen molar-refractivity contribution in [2.45, 2.75) is 0 Å². The van der Waals surface area contributed by atoms with E-state index < -0.39 is 11.1 Å². The second kappa shape index (κ2) is 10.3. The average molecular weight is 542 g/mol. The molecule has 10 heteroatoms. The highest BCUT2D eigenvalue weighted by molar-refractivity contribution is 6.33. The van der Waals surface area contributed by atoms with Crippen LogP contribution in [0.1, 0.15) is 11.1 Å². The Hall–Kier alpha value is -4.71. The number of ether oxygens (including phenoxy) is 1. The lowest BCUT2D eigenvalue weighted by molar-refractivity contribution is 0.414. The van der Waals surface area contributed by atoms with Crippen LogP contribution in [-0.2, 0) is 0 Å². The van der Waals surface area contributed by atoms with Gasteiger partial charge in [-0.1, -0.05) is 59.6 Å². The van der Waals surface area contributed by atoms with Gasteiger partial charge in [-0.25, -0.2) is 0 Å². The summed E-state index contributed by atoms with van der Waals surface area (Å²) in [5.74, 6) is 0.573. The molecule has 0 unspecified atom stereocenters. The smallest absolute Gasteiger partial charge is 0.299 e. The first-order chi connectivity index (χ1) is 18.4. The van der Waals surface area contributed by atoms with Crippen LogP contribution in [0.15, 0.2) is 93.6 Å². The van der Waals surface area contributed by atoms with Crippen LogP contribution >= 0.6 is 23.2 Å². The molecule has 0 aliphatic rings. The Morgan fingerprint density at radius 3 is 2.29 bits per heavy atom. The fraction of sp³-hybridized carbons (Fsp3) is 0.0357. The molecule has 0 bridgehead atoms. The van der Waals surface area contributed by atoms with Gasteiger partial charge >= 0.3 is 0 Å². The van der Waals surface area contributed by atoms with E-state index in [9.17, 15) is 14.9 Å². The minimum Gasteiger partial charge on any atom is -0.497 e. The maximum absolute atomic E-state index is 13.9. The van der Waals surface area contributed by atoms with Crippen molar-refractivity contribution >= 4 is 40.3 Å². The van der Waals surface area contributed by atoms with E-state index >= 15 is 0 Å². The Kier molecular flexibility index (Phi) is 6.79. The van der Waals surface area contributed by atoms with Crippen LogP contribution in [0.5, 0.6) is 5.75 Å². The predicted octanol–water partition coefficient (Wildman–Crippen LogP) is 5.28. The molecule has 0 saturated heterocycles. The van der Waals surface area contributed by atoms with E-state index in [0.29, 0.717) is 32.6 Å². The number of nitriles is 1. The summed E-state index contributed by atoms with van der Waals surface area (Å²) in [6.45, 7) is 0. The zero-order chi connectivity index (χ0) is 26.8. The molecule has 3 aromatic carbocycles. The van der Waals surface area contributed by atoms with Gasteiger partial charge in [0.15, 0.2) is 5.52 Å². The highest BCUT2D eigenvalue weighted by Crippen LogP contribution is 2.29. The number of aromatic nitrogens is 3. The molecule has 5 aromatic rings. The first-order valence-corrected chi connectivity index (χ1v) is 12.0. The molecule has 0 aliphatic heterocycles. The van der Waals surface area contributed by atoms with Crippen molar-refractivity contribution in [3.63, 3.8) is 0 Å². The predicted molar refractivity (Wildman–Crippen MR) is 148 cm³/mol. The largest absolute Gasteiger partial charge is 0.497 e. The van der Waals surface area contributed by atoms with Crippen LogP contribution in [0.4, 0.5) is 0 Å². The summed E-state index contributed by atoms with van der Waals surface area (Å²) in [4.78, 5) is 27.2. The number of pyridine rings is 1. The molecule has 0 N–H and O–H groups in total. The van der Waals surface area contributed by atoms with Crippen molar-refractivity contribution in [2.24, 2.45) is 5.10 Å². The molecule has 0 saturated carbocycles. The van der Waals surface area contributed by atoms with Crippen molar-refractivity contribution in [3.8, 4) is 28.8 Å². The number of hydrogen-bond acceptors (Lipinski definition) is 6. The third-order valence-electron chi connectivity index (χ3n) is 5.83. The summed E-state index contributed by atoms with van der Waals surface area (Å²) in [6.07, 6.45) is 1.45. The molecule has 2 aromatic heterocycles. The molecule has 0 aliphatic carbocycles. The fourth-order valence-electron chi connectivity index (χ4n) is 3.93. The lowest BCUT2D eigenvalue weighted by Gasteiger charge is -2.13. The Morgan fingerprint density at radius 2 is 1.63 bits per heavy atom. The maximum atomic E-state index is 13.9. The van der Waals surface area contributed by atoms with Crippen LogP contribution < -0.4 is 15.9 Å². The van der Waals surface area contributed by atoms with Gasteiger partial charge in [0.25, 0.3) is 11.1 Å². The number of methoxy groups -OCH3 is 1. The summed E-state index contributed by atoms with van der Waals surface area (Å²) in [5.41, 5.74) is 0.00746. The van der Waals surface area contributed by atoms with Gasteiger partial charge < -0.3 is 4.74 Å². The van der Waals surface area contributed by atoms with E-state index in [1.54, 1.807) is 72.8 Å². The molecule has 0 atom stereocenters. The number of halogens is 2. The molecule has 0 radical (unpaired) electrons. The topological polar surface area (TPSA) is 102 Å². The Bertz CT molecular complexity index is 1890. The van der Waals surface area contributed by atoms with Crippen molar-refractivity contribution in [1.29, 1.82) is 5.26 Å². The average Bonchev–Trinajstić information content (AvgIpc) is 2.93. The molecular weight excluding hydrogens is 525 g/mol. The third kappa shape index (κ3) is 4.45. The van der Waals surface area contributed by atoms with Gasteiger partial charge in [0.05, 0.1) is 24.7 Å². The summed E-state index contributed by atoms with van der Waals surface area (Å²) >= 11 is 12.7. The molecule has 2 heterocycles. The van der Waals surface area contributed by atoms with Gasteiger partial charge in [-0.3, -0.25) is 9.59 Å². The van der Waals surface area contributed by atoms with Gasteiger partial charge in [0.2, 0.25) is 0 Å². The van der Waals surface area contributed by atoms with E-state index in [1.807, 2.05) is 6.07 Å². The lowest BCUT2D eigenvalue weighted by Crippen LogP contribution is -2.29. The summed E-state index contributed by atoms with van der Waals surface area (Å²) in [5, 5.41) is 19.6. The van der Waals surface area contributed by atoms with Crippen LogP contribution in [0, 0.1) is 11.3 Å². The lowest BCUT2D eigenvalue weighted by atomic mass is 10.1. The first kappa shape index (κ1) is 25.0. The standard InChI is InChI=1S/C28H17Cl2N5O3/c1-38-19-12-10-18(11-13-19)34-27(36)22(15-31)21-14-25(20-7-3-5-9-24(20)30)35(28(37)26(21)33-34)32-16-17-6-2-4-8-23(17)29/h2-14,16H,1H3/b32-16-. The highest BCUT2D eigenvalue weighted by atomic mass is 35.5. The molecular formula is C28H17Cl2N5O3. The zero-order valence-corrected chi connectivity index (χ0v) is 21.3. The van der Waals surface area contributed by atoms with Gasteiger partial charge in [-0.15, -0.1) is 0 Å². The van der Waals surface area contributed by atoms with E-state index in [-0.39, 0.29) is 22.2 Å². The van der Waals surface area contributed by atoms with Crippen molar-refractivity contribution in [1.82, 2.24) is 14.5 Å².